The van der Waals surface area contributed by atoms with Crippen molar-refractivity contribution in [1.29, 1.82) is 0 Å². The van der Waals surface area contributed by atoms with Gasteiger partial charge in [0.1, 0.15) is 17.3 Å². The van der Waals surface area contributed by atoms with Gasteiger partial charge < -0.3 is 9.47 Å². The van der Waals surface area contributed by atoms with E-state index >= 15 is 0 Å². The van der Waals surface area contributed by atoms with E-state index in [0.29, 0.717) is 0 Å². The van der Waals surface area contributed by atoms with Gasteiger partial charge in [0.15, 0.2) is 0 Å². The lowest BCUT2D eigenvalue weighted by molar-refractivity contribution is -0.0128. The Morgan fingerprint density at radius 3 is 3.21 bits per heavy atom. The van der Waals surface area contributed by atoms with Crippen LogP contribution in [0.25, 0.3) is 0 Å². The lowest BCUT2D eigenvalue weighted by atomic mass is 10.2. The molecular formula is C10H13NO2S. The zero-order valence-corrected chi connectivity index (χ0v) is 8.69. The second-order valence-electron chi connectivity index (χ2n) is 3.25. The van der Waals surface area contributed by atoms with E-state index in [0.717, 1.165) is 25.2 Å². The number of aromatic nitrogens is 1. The van der Waals surface area contributed by atoms with Crippen molar-refractivity contribution in [2.75, 3.05) is 6.61 Å². The topological polar surface area (TPSA) is 31.4 Å². The minimum Gasteiger partial charge on any atom is -0.485 e. The molecule has 14 heavy (non-hydrogen) atoms. The normalized spacial score (nSPS) is 27.2. The SMILES string of the molecule is SC1OCCCC1Oc1cccnc1. The minimum absolute atomic E-state index is 0.0382. The molecule has 0 N–H and O–H groups in total. The highest BCUT2D eigenvalue weighted by atomic mass is 32.1. The molecule has 3 nitrogen and oxygen atoms in total. The summed E-state index contributed by atoms with van der Waals surface area (Å²) in [5, 5.41) is 0. The van der Waals surface area contributed by atoms with E-state index in [1.165, 1.54) is 0 Å². The molecule has 0 radical (unpaired) electrons. The van der Waals surface area contributed by atoms with Crippen LogP contribution in [-0.4, -0.2) is 23.1 Å². The first-order valence-electron chi connectivity index (χ1n) is 4.72. The van der Waals surface area contributed by atoms with Crippen molar-refractivity contribution in [1.82, 2.24) is 4.98 Å². The summed E-state index contributed by atoms with van der Waals surface area (Å²) in [7, 11) is 0. The first kappa shape index (κ1) is 9.80. The fourth-order valence-electron chi connectivity index (χ4n) is 1.45. The molecule has 1 aromatic rings. The third-order valence-electron chi connectivity index (χ3n) is 2.16. The number of pyridine rings is 1. The van der Waals surface area contributed by atoms with Crippen molar-refractivity contribution in [3.63, 3.8) is 0 Å². The number of ether oxygens (including phenoxy) is 2. The van der Waals surface area contributed by atoms with E-state index in [1.54, 1.807) is 12.4 Å². The van der Waals surface area contributed by atoms with Crippen LogP contribution in [0.4, 0.5) is 0 Å². The van der Waals surface area contributed by atoms with Gasteiger partial charge >= 0.3 is 0 Å². The van der Waals surface area contributed by atoms with Crippen LogP contribution in [0.2, 0.25) is 0 Å². The third kappa shape index (κ3) is 2.39. The Bertz CT molecular complexity index is 281. The summed E-state index contributed by atoms with van der Waals surface area (Å²) in [5.74, 6) is 0.780. The molecule has 2 unspecified atom stereocenters. The Morgan fingerprint density at radius 1 is 1.57 bits per heavy atom. The quantitative estimate of drug-likeness (QED) is 0.758. The molecule has 2 heterocycles. The van der Waals surface area contributed by atoms with E-state index in [4.69, 9.17) is 9.47 Å². The molecule has 0 aromatic carbocycles. The predicted molar refractivity (Wildman–Crippen MR) is 56.6 cm³/mol. The second kappa shape index (κ2) is 4.66. The molecule has 0 spiro atoms. The van der Waals surface area contributed by atoms with Gasteiger partial charge in [-0.25, -0.2) is 0 Å². The summed E-state index contributed by atoms with van der Waals surface area (Å²) in [6.45, 7) is 0.779. The van der Waals surface area contributed by atoms with Crippen LogP contribution in [0.15, 0.2) is 24.5 Å². The van der Waals surface area contributed by atoms with Crippen molar-refractivity contribution >= 4 is 12.6 Å². The van der Waals surface area contributed by atoms with Crippen molar-refractivity contribution in [2.24, 2.45) is 0 Å². The van der Waals surface area contributed by atoms with Gasteiger partial charge in [0.2, 0.25) is 0 Å². The Labute approximate surface area is 88.9 Å². The summed E-state index contributed by atoms with van der Waals surface area (Å²) < 4.78 is 11.1. The Balaban J connectivity index is 1.96. The van der Waals surface area contributed by atoms with E-state index in [-0.39, 0.29) is 11.5 Å². The number of nitrogens with zero attached hydrogens (tertiary/aromatic N) is 1. The molecule has 2 atom stereocenters. The predicted octanol–water partition coefficient (Wildman–Crippen LogP) is 1.90. The summed E-state index contributed by atoms with van der Waals surface area (Å²) in [5.41, 5.74) is -0.121. The number of hydrogen-bond donors (Lipinski definition) is 1. The Kier molecular flexibility index (Phi) is 3.26. The van der Waals surface area contributed by atoms with Gasteiger partial charge in [-0.3, -0.25) is 4.98 Å². The largest absolute Gasteiger partial charge is 0.485 e. The fourth-order valence-corrected chi connectivity index (χ4v) is 1.76. The molecule has 4 heteroatoms. The van der Waals surface area contributed by atoms with Gasteiger partial charge in [-0.2, -0.15) is 0 Å². The fraction of sp³-hybridized carbons (Fsp3) is 0.500. The molecule has 1 aromatic heterocycles. The van der Waals surface area contributed by atoms with E-state index in [9.17, 15) is 0 Å². The number of thiol groups is 1. The highest BCUT2D eigenvalue weighted by Crippen LogP contribution is 2.22. The van der Waals surface area contributed by atoms with Gasteiger partial charge in [0.05, 0.1) is 6.20 Å². The lowest BCUT2D eigenvalue weighted by Crippen LogP contribution is -2.34. The van der Waals surface area contributed by atoms with Crippen molar-refractivity contribution < 1.29 is 9.47 Å². The smallest absolute Gasteiger partial charge is 0.138 e. The molecule has 76 valence electrons. The first-order chi connectivity index (χ1) is 6.86. The summed E-state index contributed by atoms with van der Waals surface area (Å²) in [6, 6.07) is 3.74. The Hall–Kier alpha value is -0.740. The molecular weight excluding hydrogens is 198 g/mol. The monoisotopic (exact) mass is 211 g/mol. The summed E-state index contributed by atoms with van der Waals surface area (Å²) in [6.07, 6.45) is 5.49. The first-order valence-corrected chi connectivity index (χ1v) is 5.24. The van der Waals surface area contributed by atoms with E-state index < -0.39 is 0 Å². The van der Waals surface area contributed by atoms with E-state index in [1.807, 2.05) is 12.1 Å². The Morgan fingerprint density at radius 2 is 2.50 bits per heavy atom. The van der Waals surface area contributed by atoms with E-state index in [2.05, 4.69) is 17.6 Å². The third-order valence-corrected chi connectivity index (χ3v) is 2.64. The van der Waals surface area contributed by atoms with Gasteiger partial charge in [-0.15, -0.1) is 12.6 Å². The zero-order chi connectivity index (χ0) is 9.80. The second-order valence-corrected chi connectivity index (χ2v) is 3.76. The maximum atomic E-state index is 5.70. The van der Waals surface area contributed by atoms with Crippen molar-refractivity contribution in [3.8, 4) is 5.75 Å². The van der Waals surface area contributed by atoms with Crippen LogP contribution < -0.4 is 4.74 Å². The van der Waals surface area contributed by atoms with Crippen LogP contribution in [0.1, 0.15) is 12.8 Å². The van der Waals surface area contributed by atoms with Crippen molar-refractivity contribution in [2.45, 2.75) is 24.4 Å². The van der Waals surface area contributed by atoms with Gasteiger partial charge in [-0.1, -0.05) is 0 Å². The molecule has 1 aliphatic heterocycles. The van der Waals surface area contributed by atoms with Crippen LogP contribution >= 0.6 is 12.6 Å². The molecule has 0 amide bonds. The molecule has 1 fully saturated rings. The van der Waals surface area contributed by atoms with Crippen LogP contribution in [0, 0.1) is 0 Å². The zero-order valence-electron chi connectivity index (χ0n) is 7.80. The molecule has 0 bridgehead atoms. The maximum Gasteiger partial charge on any atom is 0.138 e. The van der Waals surface area contributed by atoms with Crippen LogP contribution in [0.3, 0.4) is 0 Å². The lowest BCUT2D eigenvalue weighted by Gasteiger charge is -2.28. The summed E-state index contributed by atoms with van der Waals surface area (Å²) in [4.78, 5) is 3.98. The van der Waals surface area contributed by atoms with Gasteiger partial charge in [0, 0.05) is 12.8 Å². The number of hydrogen-bond acceptors (Lipinski definition) is 4. The molecule has 0 aliphatic carbocycles. The average Bonchev–Trinajstić information content (AvgIpc) is 2.23. The average molecular weight is 211 g/mol. The molecule has 1 saturated heterocycles. The van der Waals surface area contributed by atoms with Gasteiger partial charge in [0.25, 0.3) is 0 Å². The number of rotatable bonds is 2. The van der Waals surface area contributed by atoms with Gasteiger partial charge in [-0.05, 0) is 25.0 Å². The summed E-state index contributed by atoms with van der Waals surface area (Å²) >= 11 is 4.32. The highest BCUT2D eigenvalue weighted by molar-refractivity contribution is 7.80. The van der Waals surface area contributed by atoms with Crippen LogP contribution in [-0.2, 0) is 4.74 Å². The molecule has 1 aliphatic rings. The molecule has 2 rings (SSSR count). The van der Waals surface area contributed by atoms with Crippen molar-refractivity contribution in [3.05, 3.63) is 24.5 Å². The standard InChI is InChI=1S/C10H13NO2S/c14-10-9(4-2-6-12-10)13-8-3-1-5-11-7-8/h1,3,5,7,9-10,14H,2,4,6H2. The minimum atomic E-state index is -0.121. The molecule has 0 saturated carbocycles. The maximum absolute atomic E-state index is 5.70. The van der Waals surface area contributed by atoms with Crippen LogP contribution in [0.5, 0.6) is 5.75 Å². The highest BCUT2D eigenvalue weighted by Gasteiger charge is 2.24.